The highest BCUT2D eigenvalue weighted by molar-refractivity contribution is 8.00. The molecular weight excluding hydrogens is 196 g/mol. The van der Waals surface area contributed by atoms with Crippen molar-refractivity contribution in [1.29, 1.82) is 5.26 Å². The topological polar surface area (TPSA) is 52.9 Å². The van der Waals surface area contributed by atoms with Crippen LogP contribution in [0, 0.1) is 16.7 Å². The average Bonchev–Trinajstić information content (AvgIpc) is 2.52. The molecule has 1 amide bonds. The molecule has 0 aromatic rings. The number of hydrogen-bond donors (Lipinski definition) is 1. The van der Waals surface area contributed by atoms with Crippen LogP contribution in [0.25, 0.3) is 0 Å². The van der Waals surface area contributed by atoms with Gasteiger partial charge in [-0.25, -0.2) is 0 Å². The summed E-state index contributed by atoms with van der Waals surface area (Å²) in [6, 6.07) is 2.25. The fourth-order valence-electron chi connectivity index (χ4n) is 1.32. The molecular formula is C10H16N2OS. The Balaban J connectivity index is 2.53. The Labute approximate surface area is 89.2 Å². The van der Waals surface area contributed by atoms with Gasteiger partial charge in [-0.3, -0.25) is 4.79 Å². The summed E-state index contributed by atoms with van der Waals surface area (Å²) in [7, 11) is 0. The molecule has 1 heterocycles. The molecule has 78 valence electrons. The fourth-order valence-corrected chi connectivity index (χ4v) is 2.52. The van der Waals surface area contributed by atoms with Crippen molar-refractivity contribution >= 4 is 17.7 Å². The van der Waals surface area contributed by atoms with E-state index in [9.17, 15) is 4.79 Å². The number of amides is 1. The molecule has 2 atom stereocenters. The first-order valence-corrected chi connectivity index (χ1v) is 5.86. The third-order valence-corrected chi connectivity index (χ3v) is 3.87. The van der Waals surface area contributed by atoms with Gasteiger partial charge in [0.05, 0.1) is 6.07 Å². The number of carbonyl (C=O) groups excluding carboxylic acids is 1. The van der Waals surface area contributed by atoms with Crippen molar-refractivity contribution in [2.24, 2.45) is 5.41 Å². The summed E-state index contributed by atoms with van der Waals surface area (Å²) in [5.41, 5.74) is -0.910. The number of nitrogens with one attached hydrogen (secondary N) is 1. The molecule has 0 saturated carbocycles. The molecule has 1 aliphatic rings. The number of thioether (sulfide) groups is 1. The maximum absolute atomic E-state index is 11.7. The van der Waals surface area contributed by atoms with E-state index in [1.54, 1.807) is 13.8 Å². The van der Waals surface area contributed by atoms with Crippen molar-refractivity contribution in [2.75, 3.05) is 5.75 Å². The number of carbonyl (C=O) groups is 1. The van der Waals surface area contributed by atoms with Gasteiger partial charge in [-0.15, -0.1) is 0 Å². The number of rotatable bonds is 2. The van der Waals surface area contributed by atoms with Gasteiger partial charge in [0.1, 0.15) is 5.41 Å². The second-order valence-corrected chi connectivity index (χ2v) is 5.67. The molecule has 0 aromatic carbocycles. The largest absolute Gasteiger partial charge is 0.351 e. The maximum atomic E-state index is 11.7. The molecule has 0 radical (unpaired) electrons. The monoisotopic (exact) mass is 212 g/mol. The summed E-state index contributed by atoms with van der Waals surface area (Å²) >= 11 is 1.87. The van der Waals surface area contributed by atoms with Crippen LogP contribution in [-0.2, 0) is 4.79 Å². The first kappa shape index (κ1) is 11.4. The van der Waals surface area contributed by atoms with E-state index in [4.69, 9.17) is 5.26 Å². The molecule has 1 aliphatic heterocycles. The fraction of sp³-hybridized carbons (Fsp3) is 0.800. The molecule has 0 aromatic heterocycles. The molecule has 4 heteroatoms. The molecule has 14 heavy (non-hydrogen) atoms. The Bertz CT molecular complexity index is 270. The standard InChI is InChI=1S/C10H16N2OS/c1-7-8(4-5-14-7)12-9(13)10(2,3)6-11/h7-8H,4-5H2,1-3H3,(H,12,13). The summed E-state index contributed by atoms with van der Waals surface area (Å²) in [5, 5.41) is 12.2. The Morgan fingerprint density at radius 3 is 2.71 bits per heavy atom. The number of nitriles is 1. The molecule has 3 nitrogen and oxygen atoms in total. The predicted molar refractivity (Wildman–Crippen MR) is 57.9 cm³/mol. The lowest BCUT2D eigenvalue weighted by atomic mass is 9.94. The summed E-state index contributed by atoms with van der Waals surface area (Å²) in [6.45, 7) is 5.41. The highest BCUT2D eigenvalue weighted by atomic mass is 32.2. The Kier molecular flexibility index (Phi) is 3.43. The van der Waals surface area contributed by atoms with Gasteiger partial charge < -0.3 is 5.32 Å². The summed E-state index contributed by atoms with van der Waals surface area (Å²) in [6.07, 6.45) is 1.01. The first-order chi connectivity index (χ1) is 6.47. The zero-order valence-corrected chi connectivity index (χ0v) is 9.65. The van der Waals surface area contributed by atoms with Crippen LogP contribution in [0.1, 0.15) is 27.2 Å². The van der Waals surface area contributed by atoms with Crippen molar-refractivity contribution < 1.29 is 4.79 Å². The number of nitrogens with zero attached hydrogens (tertiary/aromatic N) is 1. The normalized spacial score (nSPS) is 27.0. The van der Waals surface area contributed by atoms with E-state index in [1.165, 1.54) is 0 Å². The van der Waals surface area contributed by atoms with Gasteiger partial charge in [0.15, 0.2) is 0 Å². The van der Waals surface area contributed by atoms with Gasteiger partial charge in [0, 0.05) is 11.3 Å². The third-order valence-electron chi connectivity index (χ3n) is 2.54. The van der Waals surface area contributed by atoms with E-state index in [0.29, 0.717) is 5.25 Å². The lowest BCUT2D eigenvalue weighted by Crippen LogP contribution is -2.44. The quantitative estimate of drug-likeness (QED) is 0.755. The van der Waals surface area contributed by atoms with Crippen molar-refractivity contribution in [3.8, 4) is 6.07 Å². The van der Waals surface area contributed by atoms with Crippen molar-refractivity contribution in [2.45, 2.75) is 38.5 Å². The molecule has 1 fully saturated rings. The van der Waals surface area contributed by atoms with Gasteiger partial charge in [0.25, 0.3) is 0 Å². The van der Waals surface area contributed by atoms with E-state index < -0.39 is 5.41 Å². The lowest BCUT2D eigenvalue weighted by molar-refractivity contribution is -0.127. The van der Waals surface area contributed by atoms with Crippen LogP contribution in [0.4, 0.5) is 0 Å². The van der Waals surface area contributed by atoms with Gasteiger partial charge in [-0.2, -0.15) is 17.0 Å². The second kappa shape index (κ2) is 4.22. The summed E-state index contributed by atoms with van der Waals surface area (Å²) in [5.74, 6) is 0.943. The molecule has 0 spiro atoms. The molecule has 1 rings (SSSR count). The van der Waals surface area contributed by atoms with Crippen LogP contribution < -0.4 is 5.32 Å². The van der Waals surface area contributed by atoms with Crippen molar-refractivity contribution in [1.82, 2.24) is 5.32 Å². The van der Waals surface area contributed by atoms with Gasteiger partial charge in [0.2, 0.25) is 5.91 Å². The molecule has 0 aliphatic carbocycles. The minimum atomic E-state index is -0.910. The van der Waals surface area contributed by atoms with Crippen molar-refractivity contribution in [3.05, 3.63) is 0 Å². The smallest absolute Gasteiger partial charge is 0.240 e. The van der Waals surface area contributed by atoms with E-state index in [2.05, 4.69) is 12.2 Å². The first-order valence-electron chi connectivity index (χ1n) is 4.81. The average molecular weight is 212 g/mol. The predicted octanol–water partition coefficient (Wildman–Crippen LogP) is 1.55. The Morgan fingerprint density at radius 2 is 2.29 bits per heavy atom. The van der Waals surface area contributed by atoms with Gasteiger partial charge in [-0.05, 0) is 26.0 Å². The summed E-state index contributed by atoms with van der Waals surface area (Å²) < 4.78 is 0. The molecule has 1 saturated heterocycles. The third kappa shape index (κ3) is 2.42. The summed E-state index contributed by atoms with van der Waals surface area (Å²) in [4.78, 5) is 11.7. The molecule has 2 unspecified atom stereocenters. The zero-order chi connectivity index (χ0) is 10.8. The SMILES string of the molecule is CC1SCCC1NC(=O)C(C)(C)C#N. The van der Waals surface area contributed by atoms with Crippen LogP contribution in [0.2, 0.25) is 0 Å². The van der Waals surface area contributed by atoms with E-state index in [1.807, 2.05) is 17.8 Å². The van der Waals surface area contributed by atoms with Crippen LogP contribution in [0.15, 0.2) is 0 Å². The Morgan fingerprint density at radius 1 is 1.64 bits per heavy atom. The highest BCUT2D eigenvalue weighted by Gasteiger charge is 2.32. The van der Waals surface area contributed by atoms with E-state index in [0.717, 1.165) is 12.2 Å². The minimum absolute atomic E-state index is 0.153. The molecule has 1 N–H and O–H groups in total. The minimum Gasteiger partial charge on any atom is -0.351 e. The van der Waals surface area contributed by atoms with Crippen LogP contribution >= 0.6 is 11.8 Å². The second-order valence-electron chi connectivity index (χ2n) is 4.18. The Hall–Kier alpha value is -0.690. The molecule has 0 bridgehead atoms. The lowest BCUT2D eigenvalue weighted by Gasteiger charge is -2.21. The van der Waals surface area contributed by atoms with Gasteiger partial charge in [-0.1, -0.05) is 6.92 Å². The van der Waals surface area contributed by atoms with Crippen LogP contribution in [-0.4, -0.2) is 23.0 Å². The highest BCUT2D eigenvalue weighted by Crippen LogP contribution is 2.27. The van der Waals surface area contributed by atoms with Gasteiger partial charge >= 0.3 is 0 Å². The van der Waals surface area contributed by atoms with Crippen LogP contribution in [0.5, 0.6) is 0 Å². The van der Waals surface area contributed by atoms with E-state index >= 15 is 0 Å². The maximum Gasteiger partial charge on any atom is 0.240 e. The number of hydrogen-bond acceptors (Lipinski definition) is 3. The van der Waals surface area contributed by atoms with E-state index in [-0.39, 0.29) is 11.9 Å². The zero-order valence-electron chi connectivity index (χ0n) is 8.83. The van der Waals surface area contributed by atoms with Crippen molar-refractivity contribution in [3.63, 3.8) is 0 Å². The van der Waals surface area contributed by atoms with Crippen LogP contribution in [0.3, 0.4) is 0 Å².